The molecule has 1 aromatic carbocycles. The fraction of sp³-hybridized carbons (Fsp3) is 0.421. The van der Waals surface area contributed by atoms with E-state index in [1.807, 2.05) is 29.1 Å². The van der Waals surface area contributed by atoms with Crippen LogP contribution in [0.2, 0.25) is 0 Å². The molecular formula is C19H26N4. The second-order valence-corrected chi connectivity index (χ2v) is 6.52. The molecule has 4 heteroatoms. The average molecular weight is 310 g/mol. The van der Waals surface area contributed by atoms with Gasteiger partial charge in [0.05, 0.1) is 11.9 Å². The van der Waals surface area contributed by atoms with Gasteiger partial charge in [-0.3, -0.25) is 4.90 Å². The van der Waals surface area contributed by atoms with E-state index in [1.54, 1.807) is 0 Å². The van der Waals surface area contributed by atoms with Gasteiger partial charge in [0.15, 0.2) is 0 Å². The van der Waals surface area contributed by atoms with Crippen LogP contribution in [0.15, 0.2) is 54.9 Å². The SMILES string of the molecule is C=C(C)CN1CCC(NCc2cnn(-c3ccccc3)c2)CC1. The Morgan fingerprint density at radius 2 is 2.00 bits per heavy atom. The zero-order chi connectivity index (χ0) is 16.1. The number of nitrogens with zero attached hydrogens (tertiary/aromatic N) is 3. The number of nitrogens with one attached hydrogen (secondary N) is 1. The molecule has 0 bridgehead atoms. The van der Waals surface area contributed by atoms with Crippen LogP contribution in [0.5, 0.6) is 0 Å². The van der Waals surface area contributed by atoms with Gasteiger partial charge in [0, 0.05) is 30.9 Å². The summed E-state index contributed by atoms with van der Waals surface area (Å²) >= 11 is 0. The van der Waals surface area contributed by atoms with E-state index in [0.29, 0.717) is 6.04 Å². The van der Waals surface area contributed by atoms with E-state index >= 15 is 0 Å². The molecule has 3 rings (SSSR count). The predicted molar refractivity (Wildman–Crippen MR) is 94.7 cm³/mol. The Bertz CT molecular complexity index is 624. The standard InChI is InChI=1S/C19H26N4/c1-16(2)14-22-10-8-18(9-11-22)20-12-17-13-21-23(15-17)19-6-4-3-5-7-19/h3-7,13,15,18,20H,1,8-12,14H2,2H3. The maximum Gasteiger partial charge on any atom is 0.0645 e. The van der Waals surface area contributed by atoms with Crippen molar-refractivity contribution >= 4 is 0 Å². The second kappa shape index (κ2) is 7.57. The smallest absolute Gasteiger partial charge is 0.0645 e. The third-order valence-electron chi connectivity index (χ3n) is 4.33. The number of likely N-dealkylation sites (tertiary alicyclic amines) is 1. The Morgan fingerprint density at radius 3 is 2.70 bits per heavy atom. The summed E-state index contributed by atoms with van der Waals surface area (Å²) in [5.74, 6) is 0. The second-order valence-electron chi connectivity index (χ2n) is 6.52. The lowest BCUT2D eigenvalue weighted by molar-refractivity contribution is 0.211. The minimum Gasteiger partial charge on any atom is -0.310 e. The van der Waals surface area contributed by atoms with Crippen LogP contribution in [0, 0.1) is 0 Å². The molecule has 0 atom stereocenters. The number of benzene rings is 1. The minimum atomic E-state index is 0.608. The average Bonchev–Trinajstić information content (AvgIpc) is 3.04. The van der Waals surface area contributed by atoms with Gasteiger partial charge in [-0.2, -0.15) is 5.10 Å². The molecule has 0 aliphatic carbocycles. The van der Waals surface area contributed by atoms with Crippen LogP contribution in [-0.4, -0.2) is 40.4 Å². The molecular weight excluding hydrogens is 284 g/mol. The van der Waals surface area contributed by atoms with Crippen molar-refractivity contribution < 1.29 is 0 Å². The molecule has 0 spiro atoms. The lowest BCUT2D eigenvalue weighted by Gasteiger charge is -2.32. The Balaban J connectivity index is 1.47. The Kier molecular flexibility index (Phi) is 5.26. The number of piperidine rings is 1. The van der Waals surface area contributed by atoms with Crippen molar-refractivity contribution in [3.05, 3.63) is 60.4 Å². The third kappa shape index (κ3) is 4.53. The van der Waals surface area contributed by atoms with Crippen LogP contribution >= 0.6 is 0 Å². The van der Waals surface area contributed by atoms with Gasteiger partial charge in [-0.1, -0.05) is 30.4 Å². The van der Waals surface area contributed by atoms with Crippen molar-refractivity contribution in [3.63, 3.8) is 0 Å². The first kappa shape index (κ1) is 16.0. The maximum absolute atomic E-state index is 4.45. The highest BCUT2D eigenvalue weighted by Crippen LogP contribution is 2.13. The summed E-state index contributed by atoms with van der Waals surface area (Å²) in [5.41, 5.74) is 3.59. The third-order valence-corrected chi connectivity index (χ3v) is 4.33. The van der Waals surface area contributed by atoms with Crippen molar-refractivity contribution in [3.8, 4) is 5.69 Å². The van der Waals surface area contributed by atoms with E-state index in [9.17, 15) is 0 Å². The quantitative estimate of drug-likeness (QED) is 0.833. The van der Waals surface area contributed by atoms with Gasteiger partial charge in [-0.05, 0) is 45.0 Å². The molecule has 1 fully saturated rings. The minimum absolute atomic E-state index is 0.608. The van der Waals surface area contributed by atoms with Gasteiger partial charge >= 0.3 is 0 Å². The molecule has 0 radical (unpaired) electrons. The van der Waals surface area contributed by atoms with E-state index in [2.05, 4.69) is 47.1 Å². The summed E-state index contributed by atoms with van der Waals surface area (Å²) in [4.78, 5) is 2.49. The van der Waals surface area contributed by atoms with E-state index in [1.165, 1.54) is 24.0 Å². The highest BCUT2D eigenvalue weighted by atomic mass is 15.3. The van der Waals surface area contributed by atoms with Gasteiger partial charge < -0.3 is 5.32 Å². The molecule has 1 saturated heterocycles. The number of hydrogen-bond acceptors (Lipinski definition) is 3. The lowest BCUT2D eigenvalue weighted by Crippen LogP contribution is -2.42. The van der Waals surface area contributed by atoms with Crippen molar-refractivity contribution in [2.24, 2.45) is 0 Å². The summed E-state index contributed by atoms with van der Waals surface area (Å²) in [6.07, 6.45) is 6.48. The first-order chi connectivity index (χ1) is 11.2. The molecule has 1 aromatic heterocycles. The van der Waals surface area contributed by atoms with Crippen LogP contribution in [0.4, 0.5) is 0 Å². The molecule has 2 heterocycles. The van der Waals surface area contributed by atoms with E-state index in [-0.39, 0.29) is 0 Å². The number of aromatic nitrogens is 2. The molecule has 1 aliphatic rings. The fourth-order valence-electron chi connectivity index (χ4n) is 3.11. The molecule has 1 N–H and O–H groups in total. The van der Waals surface area contributed by atoms with Gasteiger partial charge in [0.1, 0.15) is 0 Å². The molecule has 0 amide bonds. The summed E-state index contributed by atoms with van der Waals surface area (Å²) in [5, 5.41) is 8.13. The molecule has 23 heavy (non-hydrogen) atoms. The molecule has 0 saturated carbocycles. The first-order valence-corrected chi connectivity index (χ1v) is 8.40. The van der Waals surface area contributed by atoms with Crippen molar-refractivity contribution in [1.29, 1.82) is 0 Å². The Morgan fingerprint density at radius 1 is 1.26 bits per heavy atom. The first-order valence-electron chi connectivity index (χ1n) is 8.40. The fourth-order valence-corrected chi connectivity index (χ4v) is 3.11. The lowest BCUT2D eigenvalue weighted by atomic mass is 10.0. The van der Waals surface area contributed by atoms with Crippen LogP contribution in [0.3, 0.4) is 0 Å². The molecule has 122 valence electrons. The van der Waals surface area contributed by atoms with Crippen LogP contribution in [-0.2, 0) is 6.54 Å². The zero-order valence-electron chi connectivity index (χ0n) is 13.9. The van der Waals surface area contributed by atoms with E-state index in [0.717, 1.165) is 31.9 Å². The largest absolute Gasteiger partial charge is 0.310 e. The topological polar surface area (TPSA) is 33.1 Å². The highest BCUT2D eigenvalue weighted by molar-refractivity contribution is 5.30. The number of para-hydroxylation sites is 1. The molecule has 0 unspecified atom stereocenters. The monoisotopic (exact) mass is 310 g/mol. The predicted octanol–water partition coefficient (Wildman–Crippen LogP) is 3.00. The Hall–Kier alpha value is -1.91. The summed E-state index contributed by atoms with van der Waals surface area (Å²) in [7, 11) is 0. The number of hydrogen-bond donors (Lipinski definition) is 1. The summed E-state index contributed by atoms with van der Waals surface area (Å²) < 4.78 is 1.94. The van der Waals surface area contributed by atoms with Crippen LogP contribution < -0.4 is 5.32 Å². The molecule has 1 aliphatic heterocycles. The van der Waals surface area contributed by atoms with Gasteiger partial charge in [0.25, 0.3) is 0 Å². The highest BCUT2D eigenvalue weighted by Gasteiger charge is 2.18. The van der Waals surface area contributed by atoms with Crippen molar-refractivity contribution in [2.75, 3.05) is 19.6 Å². The Labute approximate surface area is 138 Å². The summed E-state index contributed by atoms with van der Waals surface area (Å²) in [6, 6.07) is 10.8. The van der Waals surface area contributed by atoms with Crippen LogP contribution in [0.25, 0.3) is 5.69 Å². The zero-order valence-corrected chi connectivity index (χ0v) is 13.9. The van der Waals surface area contributed by atoms with Gasteiger partial charge in [0.2, 0.25) is 0 Å². The van der Waals surface area contributed by atoms with Crippen molar-refractivity contribution in [2.45, 2.75) is 32.4 Å². The summed E-state index contributed by atoms with van der Waals surface area (Å²) in [6.45, 7) is 10.4. The number of rotatable bonds is 6. The van der Waals surface area contributed by atoms with E-state index in [4.69, 9.17) is 0 Å². The van der Waals surface area contributed by atoms with Gasteiger partial charge in [-0.15, -0.1) is 0 Å². The normalized spacial score (nSPS) is 16.6. The van der Waals surface area contributed by atoms with Crippen molar-refractivity contribution in [1.82, 2.24) is 20.0 Å². The van der Waals surface area contributed by atoms with Crippen LogP contribution in [0.1, 0.15) is 25.3 Å². The molecule has 4 nitrogen and oxygen atoms in total. The van der Waals surface area contributed by atoms with Gasteiger partial charge in [-0.25, -0.2) is 4.68 Å². The molecule has 2 aromatic rings. The maximum atomic E-state index is 4.45. The van der Waals surface area contributed by atoms with E-state index < -0.39 is 0 Å².